The first kappa shape index (κ1) is 16.9. The Morgan fingerprint density at radius 2 is 1.53 bits per heavy atom. The van der Waals surface area contributed by atoms with Crippen LogP contribution in [0.3, 0.4) is 0 Å². The van der Waals surface area contributed by atoms with Crippen LogP contribution in [0, 0.1) is 0 Å². The molecule has 0 spiro atoms. The summed E-state index contributed by atoms with van der Waals surface area (Å²) in [6.07, 6.45) is 8.72. The fraction of sp³-hybridized carbons (Fsp3) is 0.929. The van der Waals surface area contributed by atoms with Crippen molar-refractivity contribution >= 4 is 21.8 Å². The van der Waals surface area contributed by atoms with E-state index in [0.717, 1.165) is 50.5 Å². The van der Waals surface area contributed by atoms with Crippen LogP contribution in [0.15, 0.2) is 0 Å². The molecule has 1 amide bonds. The number of unbranched alkanes of at least 4 members (excludes halogenated alkanes) is 4. The highest BCUT2D eigenvalue weighted by atomic mass is 79.9. The molecule has 0 aliphatic carbocycles. The summed E-state index contributed by atoms with van der Waals surface area (Å²) in [5.74, 6) is 0.362. The molecule has 0 saturated carbocycles. The zero-order chi connectivity index (χ0) is 12.9. The molecule has 17 heavy (non-hydrogen) atoms. The van der Waals surface area contributed by atoms with Gasteiger partial charge in [-0.2, -0.15) is 0 Å². The van der Waals surface area contributed by atoms with E-state index >= 15 is 0 Å². The molecular formula is C14H28BrNO. The Hall–Kier alpha value is -0.0500. The highest BCUT2D eigenvalue weighted by Crippen LogP contribution is 2.07. The number of amides is 1. The molecule has 0 fully saturated rings. The highest BCUT2D eigenvalue weighted by Gasteiger charge is 2.11. The average molecular weight is 306 g/mol. The molecular weight excluding hydrogens is 278 g/mol. The van der Waals surface area contributed by atoms with E-state index in [1.54, 1.807) is 0 Å². The van der Waals surface area contributed by atoms with Crippen LogP contribution >= 0.6 is 15.9 Å². The third kappa shape index (κ3) is 9.63. The van der Waals surface area contributed by atoms with Crippen molar-refractivity contribution in [3.63, 3.8) is 0 Å². The molecule has 0 unspecified atom stereocenters. The van der Waals surface area contributed by atoms with Crippen LogP contribution in [-0.4, -0.2) is 29.2 Å². The van der Waals surface area contributed by atoms with Gasteiger partial charge >= 0.3 is 0 Å². The Bertz CT molecular complexity index is 177. The van der Waals surface area contributed by atoms with Crippen molar-refractivity contribution in [2.75, 3.05) is 18.4 Å². The van der Waals surface area contributed by atoms with Gasteiger partial charge < -0.3 is 4.90 Å². The molecule has 0 aliphatic heterocycles. The monoisotopic (exact) mass is 305 g/mol. The van der Waals surface area contributed by atoms with Crippen molar-refractivity contribution in [2.24, 2.45) is 0 Å². The van der Waals surface area contributed by atoms with Gasteiger partial charge in [0.25, 0.3) is 0 Å². The predicted octanol–water partition coefficient (Wildman–Crippen LogP) is 4.37. The molecule has 0 heterocycles. The number of nitrogens with zero attached hydrogens (tertiary/aromatic N) is 1. The fourth-order valence-electron chi connectivity index (χ4n) is 1.76. The maximum atomic E-state index is 12.0. The Morgan fingerprint density at radius 3 is 2.00 bits per heavy atom. The molecule has 0 N–H and O–H groups in total. The number of alkyl halides is 1. The summed E-state index contributed by atoms with van der Waals surface area (Å²) in [6.45, 7) is 6.26. The molecule has 0 radical (unpaired) electrons. The van der Waals surface area contributed by atoms with Gasteiger partial charge in [-0.25, -0.2) is 0 Å². The number of rotatable bonds is 11. The summed E-state index contributed by atoms with van der Waals surface area (Å²) >= 11 is 3.42. The minimum Gasteiger partial charge on any atom is -0.343 e. The van der Waals surface area contributed by atoms with Crippen LogP contribution < -0.4 is 0 Å². The molecule has 0 aliphatic rings. The van der Waals surface area contributed by atoms with E-state index < -0.39 is 0 Å². The fourth-order valence-corrected chi connectivity index (χ4v) is 2.16. The van der Waals surface area contributed by atoms with E-state index in [1.165, 1.54) is 19.3 Å². The lowest BCUT2D eigenvalue weighted by Gasteiger charge is -2.22. The summed E-state index contributed by atoms with van der Waals surface area (Å²) < 4.78 is 0. The highest BCUT2D eigenvalue weighted by molar-refractivity contribution is 9.09. The molecule has 0 rings (SSSR count). The number of carbonyl (C=O) groups excluding carboxylic acids is 1. The molecule has 2 nitrogen and oxygen atoms in total. The first-order valence-electron chi connectivity index (χ1n) is 7.10. The first-order chi connectivity index (χ1) is 8.26. The van der Waals surface area contributed by atoms with E-state index in [0.29, 0.717) is 5.91 Å². The van der Waals surface area contributed by atoms with E-state index in [4.69, 9.17) is 0 Å². The number of carbonyl (C=O) groups is 1. The van der Waals surface area contributed by atoms with Gasteiger partial charge in [-0.15, -0.1) is 0 Å². The second-order valence-corrected chi connectivity index (χ2v) is 5.38. The summed E-state index contributed by atoms with van der Waals surface area (Å²) in [5, 5.41) is 1.05. The van der Waals surface area contributed by atoms with Gasteiger partial charge in [-0.1, -0.05) is 49.0 Å². The Kier molecular flexibility index (Phi) is 12.4. The second-order valence-electron chi connectivity index (χ2n) is 4.59. The molecule has 0 aromatic rings. The van der Waals surface area contributed by atoms with Crippen molar-refractivity contribution in [3.05, 3.63) is 0 Å². The molecule has 0 saturated heterocycles. The van der Waals surface area contributed by atoms with Gasteiger partial charge in [0, 0.05) is 24.8 Å². The van der Waals surface area contributed by atoms with Gasteiger partial charge in [-0.3, -0.25) is 4.79 Å². The summed E-state index contributed by atoms with van der Waals surface area (Å²) in [7, 11) is 0. The second kappa shape index (κ2) is 12.4. The number of hydrogen-bond donors (Lipinski definition) is 0. The summed E-state index contributed by atoms with van der Waals surface area (Å²) in [6, 6.07) is 0. The largest absolute Gasteiger partial charge is 0.343 e. The zero-order valence-electron chi connectivity index (χ0n) is 11.5. The van der Waals surface area contributed by atoms with Crippen LogP contribution in [0.1, 0.15) is 65.2 Å². The van der Waals surface area contributed by atoms with Gasteiger partial charge in [0.05, 0.1) is 0 Å². The zero-order valence-corrected chi connectivity index (χ0v) is 13.1. The SMILES string of the molecule is CCCCN(CCCC)C(=O)CCCCCBr. The maximum absolute atomic E-state index is 12.0. The predicted molar refractivity (Wildman–Crippen MR) is 78.7 cm³/mol. The van der Waals surface area contributed by atoms with Gasteiger partial charge in [0.15, 0.2) is 0 Å². The van der Waals surface area contributed by atoms with Crippen LogP contribution in [0.5, 0.6) is 0 Å². The third-order valence-electron chi connectivity index (χ3n) is 2.94. The molecule has 0 aromatic heterocycles. The summed E-state index contributed by atoms with van der Waals surface area (Å²) in [4.78, 5) is 14.1. The van der Waals surface area contributed by atoms with Gasteiger partial charge in [-0.05, 0) is 25.7 Å². The molecule has 0 atom stereocenters. The lowest BCUT2D eigenvalue weighted by Crippen LogP contribution is -2.32. The van der Waals surface area contributed by atoms with Crippen molar-refractivity contribution < 1.29 is 4.79 Å². The Balaban J connectivity index is 3.85. The maximum Gasteiger partial charge on any atom is 0.222 e. The Labute approximate surface area is 115 Å². The standard InChI is InChI=1S/C14H28BrNO/c1-3-5-12-16(13-6-4-2)14(17)10-8-7-9-11-15/h3-13H2,1-2H3. The number of halogens is 1. The van der Waals surface area contributed by atoms with Crippen molar-refractivity contribution in [2.45, 2.75) is 65.2 Å². The minimum atomic E-state index is 0.362. The minimum absolute atomic E-state index is 0.362. The first-order valence-corrected chi connectivity index (χ1v) is 8.22. The topological polar surface area (TPSA) is 20.3 Å². The van der Waals surface area contributed by atoms with E-state index in [1.807, 2.05) is 0 Å². The van der Waals surface area contributed by atoms with Crippen LogP contribution in [0.4, 0.5) is 0 Å². The van der Waals surface area contributed by atoms with Crippen LogP contribution in [0.2, 0.25) is 0 Å². The normalized spacial score (nSPS) is 10.5. The average Bonchev–Trinajstić information content (AvgIpc) is 2.34. The smallest absolute Gasteiger partial charge is 0.222 e. The van der Waals surface area contributed by atoms with Crippen LogP contribution in [0.25, 0.3) is 0 Å². The van der Waals surface area contributed by atoms with E-state index in [-0.39, 0.29) is 0 Å². The quantitative estimate of drug-likeness (QED) is 0.410. The Morgan fingerprint density at radius 1 is 0.941 bits per heavy atom. The molecule has 0 bridgehead atoms. The third-order valence-corrected chi connectivity index (χ3v) is 3.50. The van der Waals surface area contributed by atoms with Crippen molar-refractivity contribution in [1.82, 2.24) is 4.90 Å². The van der Waals surface area contributed by atoms with E-state index in [9.17, 15) is 4.79 Å². The van der Waals surface area contributed by atoms with Gasteiger partial charge in [0.1, 0.15) is 0 Å². The van der Waals surface area contributed by atoms with Crippen molar-refractivity contribution in [1.29, 1.82) is 0 Å². The molecule has 0 aromatic carbocycles. The lowest BCUT2D eigenvalue weighted by molar-refractivity contribution is -0.131. The molecule has 102 valence electrons. The van der Waals surface area contributed by atoms with Crippen molar-refractivity contribution in [3.8, 4) is 0 Å². The van der Waals surface area contributed by atoms with Gasteiger partial charge in [0.2, 0.25) is 5.91 Å². The van der Waals surface area contributed by atoms with E-state index in [2.05, 4.69) is 34.7 Å². The molecule has 3 heteroatoms. The summed E-state index contributed by atoms with van der Waals surface area (Å²) in [5.41, 5.74) is 0. The van der Waals surface area contributed by atoms with Crippen LogP contribution in [-0.2, 0) is 4.79 Å². The lowest BCUT2D eigenvalue weighted by atomic mass is 10.1. The number of hydrogen-bond acceptors (Lipinski definition) is 1.